The SMILES string of the molecule is C=S1(=O)NC(=O)c2ccc3c(c2)N(C[C@@H]2CC[C@H]2[C@](CC)(CCN2CCCCC2)/C=C/C[C@H](C)[C@H]1C)C[C@@]1(CCCc2cc(Cl)ccc21)CO3. The van der Waals surface area contributed by atoms with E-state index in [1.807, 2.05) is 31.2 Å². The Bertz CT molecular complexity index is 1700. The van der Waals surface area contributed by atoms with Gasteiger partial charge in [-0.2, -0.15) is 0 Å². The molecule has 1 amide bonds. The van der Waals surface area contributed by atoms with Gasteiger partial charge in [0.1, 0.15) is 5.75 Å². The fraction of sp³-hybridized carbons (Fsp3) is 0.619. The number of hydrogen-bond donors (Lipinski definition) is 1. The molecular weight excluding hydrogens is 662 g/mol. The van der Waals surface area contributed by atoms with Crippen molar-refractivity contribution in [3.63, 3.8) is 0 Å². The summed E-state index contributed by atoms with van der Waals surface area (Å²) in [7, 11) is -2.90. The van der Waals surface area contributed by atoms with Crippen molar-refractivity contribution in [3.8, 4) is 5.75 Å². The van der Waals surface area contributed by atoms with Crippen molar-refractivity contribution in [1.29, 1.82) is 0 Å². The van der Waals surface area contributed by atoms with E-state index in [0.717, 1.165) is 68.2 Å². The Kier molecular flexibility index (Phi) is 10.4. The number of fused-ring (bicyclic) bond motifs is 4. The molecule has 1 saturated heterocycles. The molecule has 3 aliphatic heterocycles. The summed E-state index contributed by atoms with van der Waals surface area (Å²) in [6.07, 6.45) is 17.7. The molecule has 0 radical (unpaired) electrons. The Hall–Kier alpha value is -2.48. The normalized spacial score (nSPS) is 35.5. The monoisotopic (exact) mass is 719 g/mol. The van der Waals surface area contributed by atoms with Crippen molar-refractivity contribution in [2.24, 2.45) is 23.2 Å². The van der Waals surface area contributed by atoms with Gasteiger partial charge in [-0.3, -0.25) is 9.52 Å². The van der Waals surface area contributed by atoms with Crippen LogP contribution in [0.4, 0.5) is 5.69 Å². The van der Waals surface area contributed by atoms with Crippen molar-refractivity contribution in [1.82, 2.24) is 9.62 Å². The molecule has 0 aromatic heterocycles. The summed E-state index contributed by atoms with van der Waals surface area (Å²) in [5.41, 5.74) is 4.08. The summed E-state index contributed by atoms with van der Waals surface area (Å²) < 4.78 is 23.6. The van der Waals surface area contributed by atoms with Crippen LogP contribution in [0.2, 0.25) is 5.02 Å². The highest BCUT2D eigenvalue weighted by atomic mass is 35.5. The maximum absolute atomic E-state index is 14.0. The minimum Gasteiger partial charge on any atom is -0.490 e. The average molecular weight is 720 g/mol. The summed E-state index contributed by atoms with van der Waals surface area (Å²) in [5.74, 6) is 5.81. The van der Waals surface area contributed by atoms with Gasteiger partial charge in [0.25, 0.3) is 5.91 Å². The van der Waals surface area contributed by atoms with Crippen molar-refractivity contribution < 1.29 is 13.7 Å². The first kappa shape index (κ1) is 35.9. The number of carbonyl (C=O) groups excluding carboxylic acids is 1. The Labute approximate surface area is 306 Å². The molecule has 3 heterocycles. The topological polar surface area (TPSA) is 61.9 Å². The van der Waals surface area contributed by atoms with E-state index in [1.165, 1.54) is 62.7 Å². The molecule has 6 nitrogen and oxygen atoms in total. The standard InChI is InChI=1S/C42H58ClN3O3S/c1-5-41(21-24-45-22-7-6-8-23-45)19-9-11-30(2)31(3)50(4,48)44-40(47)33-14-18-39-38(26-33)46(27-34-13-16-37(34)41)28-42(29-49-39)20-10-12-32-25-35(43)15-17-36(32)42/h9,14-15,17-19,25-26,30-31,34,37H,4-8,10-13,16,20-24,27-29H2,1-3H3,(H,44,47,48)/b19-9+/t30-,31+,34-,37+,41-,42-,50?/m0/s1. The first-order chi connectivity index (χ1) is 24.0. The Morgan fingerprint density at radius 1 is 1.08 bits per heavy atom. The van der Waals surface area contributed by atoms with E-state index in [-0.39, 0.29) is 27.9 Å². The number of nitrogens with one attached hydrogen (secondary N) is 1. The van der Waals surface area contributed by atoms with Gasteiger partial charge in [-0.25, -0.2) is 4.21 Å². The van der Waals surface area contributed by atoms with E-state index in [4.69, 9.17) is 16.3 Å². The van der Waals surface area contributed by atoms with Crippen LogP contribution in [0.25, 0.3) is 0 Å². The van der Waals surface area contributed by atoms with Crippen LogP contribution in [0.5, 0.6) is 5.75 Å². The smallest absolute Gasteiger partial charge is 0.262 e. The fourth-order valence-corrected chi connectivity index (χ4v) is 11.6. The molecule has 2 aliphatic carbocycles. The Morgan fingerprint density at radius 3 is 2.66 bits per heavy atom. The molecule has 2 fully saturated rings. The second kappa shape index (κ2) is 14.5. The lowest BCUT2D eigenvalue weighted by Crippen LogP contribution is -2.51. The van der Waals surface area contributed by atoms with Crippen LogP contribution >= 0.6 is 11.6 Å². The summed E-state index contributed by atoms with van der Waals surface area (Å²) in [6.45, 7) is 12.5. The molecule has 1 spiro atoms. The zero-order chi connectivity index (χ0) is 35.1. The zero-order valence-corrected chi connectivity index (χ0v) is 32.1. The quantitative estimate of drug-likeness (QED) is 0.254. The number of likely N-dealkylation sites (tertiary alicyclic amines) is 1. The lowest BCUT2D eigenvalue weighted by atomic mass is 9.56. The van der Waals surface area contributed by atoms with Crippen LogP contribution < -0.4 is 14.4 Å². The van der Waals surface area contributed by atoms with Gasteiger partial charge in [0, 0.05) is 34.3 Å². The molecule has 7 atom stereocenters. The molecule has 1 unspecified atom stereocenters. The number of benzene rings is 2. The third-order valence-electron chi connectivity index (χ3n) is 13.5. The highest BCUT2D eigenvalue weighted by Crippen LogP contribution is 2.53. The van der Waals surface area contributed by atoms with Gasteiger partial charge in [-0.15, -0.1) is 0 Å². The van der Waals surface area contributed by atoms with Gasteiger partial charge in [0.2, 0.25) is 0 Å². The highest BCUT2D eigenvalue weighted by molar-refractivity contribution is 7.99. The van der Waals surface area contributed by atoms with E-state index in [1.54, 1.807) is 0 Å². The largest absolute Gasteiger partial charge is 0.490 e. The van der Waals surface area contributed by atoms with E-state index in [9.17, 15) is 9.00 Å². The van der Waals surface area contributed by atoms with Crippen LogP contribution in [-0.4, -0.2) is 65.5 Å². The predicted molar refractivity (Wildman–Crippen MR) is 209 cm³/mol. The number of piperidine rings is 1. The number of anilines is 1. The number of ether oxygens (including phenoxy) is 1. The molecule has 2 bridgehead atoms. The molecule has 5 aliphatic rings. The Morgan fingerprint density at radius 2 is 1.90 bits per heavy atom. The number of hydrogen-bond acceptors (Lipinski definition) is 5. The molecule has 50 heavy (non-hydrogen) atoms. The first-order valence-corrected chi connectivity index (χ1v) is 21.6. The summed E-state index contributed by atoms with van der Waals surface area (Å²) in [5, 5.41) is 0.515. The number of rotatable bonds is 4. The average Bonchev–Trinajstić information content (AvgIpc) is 3.25. The van der Waals surface area contributed by atoms with Gasteiger partial charge in [0.15, 0.2) is 0 Å². The summed E-state index contributed by atoms with van der Waals surface area (Å²) in [6, 6.07) is 12.2. The fourth-order valence-electron chi connectivity index (χ4n) is 9.97. The lowest BCUT2D eigenvalue weighted by molar-refractivity contribution is 0.0348. The van der Waals surface area contributed by atoms with Crippen LogP contribution in [0.15, 0.2) is 48.6 Å². The van der Waals surface area contributed by atoms with Crippen molar-refractivity contribution in [2.45, 2.75) is 102 Å². The minimum absolute atomic E-state index is 0.110. The van der Waals surface area contributed by atoms with E-state index in [2.05, 4.69) is 58.5 Å². The zero-order valence-electron chi connectivity index (χ0n) is 30.6. The Balaban J connectivity index is 1.30. The first-order valence-electron chi connectivity index (χ1n) is 19.4. The third-order valence-corrected chi connectivity index (χ3v) is 16.0. The summed E-state index contributed by atoms with van der Waals surface area (Å²) >= 11 is 6.52. The molecule has 1 saturated carbocycles. The third kappa shape index (κ3) is 7.00. The van der Waals surface area contributed by atoms with E-state index < -0.39 is 9.71 Å². The number of nitrogens with zero attached hydrogens (tertiary/aromatic N) is 2. The van der Waals surface area contributed by atoms with E-state index >= 15 is 0 Å². The molecule has 7 rings (SSSR count). The predicted octanol–water partition coefficient (Wildman–Crippen LogP) is 8.46. The van der Waals surface area contributed by atoms with Gasteiger partial charge in [-0.05, 0) is 161 Å². The molecule has 2 aromatic rings. The number of amides is 1. The lowest BCUT2D eigenvalue weighted by Gasteiger charge is -2.52. The van der Waals surface area contributed by atoms with Crippen LogP contribution in [0.1, 0.15) is 106 Å². The van der Waals surface area contributed by atoms with Gasteiger partial charge in [0.05, 0.1) is 22.0 Å². The van der Waals surface area contributed by atoms with Crippen molar-refractivity contribution >= 4 is 38.8 Å². The highest BCUT2D eigenvalue weighted by Gasteiger charge is 2.48. The second-order valence-corrected chi connectivity index (χ2v) is 19.3. The number of carbonyl (C=O) groups is 1. The van der Waals surface area contributed by atoms with Gasteiger partial charge in [-0.1, -0.05) is 50.1 Å². The molecule has 1 N–H and O–H groups in total. The second-order valence-electron chi connectivity index (χ2n) is 16.4. The number of aryl methyl sites for hydroxylation is 1. The number of allylic oxidation sites excluding steroid dienone is 2. The maximum Gasteiger partial charge on any atom is 0.262 e. The van der Waals surface area contributed by atoms with Crippen molar-refractivity contribution in [2.75, 3.05) is 44.2 Å². The van der Waals surface area contributed by atoms with Crippen LogP contribution in [0, 0.1) is 23.2 Å². The minimum atomic E-state index is -2.90. The molecular formula is C42H58ClN3O3S. The van der Waals surface area contributed by atoms with Crippen LogP contribution in [-0.2, 0) is 21.5 Å². The van der Waals surface area contributed by atoms with Crippen LogP contribution in [0.3, 0.4) is 0 Å². The molecule has 8 heteroatoms. The maximum atomic E-state index is 14.0. The van der Waals surface area contributed by atoms with Gasteiger partial charge < -0.3 is 14.5 Å². The summed E-state index contributed by atoms with van der Waals surface area (Å²) in [4.78, 5) is 19.0. The number of halogens is 1. The molecule has 272 valence electrons. The van der Waals surface area contributed by atoms with Crippen molar-refractivity contribution in [3.05, 3.63) is 70.3 Å². The molecule has 2 aromatic carbocycles. The van der Waals surface area contributed by atoms with Gasteiger partial charge >= 0.3 is 0 Å². The van der Waals surface area contributed by atoms with E-state index in [0.29, 0.717) is 24.0 Å².